The van der Waals surface area contributed by atoms with Gasteiger partial charge in [-0.25, -0.2) is 0 Å². The van der Waals surface area contributed by atoms with Gasteiger partial charge in [0.2, 0.25) is 5.91 Å². The van der Waals surface area contributed by atoms with Gasteiger partial charge in [-0.15, -0.1) is 0 Å². The van der Waals surface area contributed by atoms with Crippen LogP contribution >= 0.6 is 0 Å². The molecule has 0 spiro atoms. The predicted molar refractivity (Wildman–Crippen MR) is 78.6 cm³/mol. The molecule has 0 aliphatic heterocycles. The third-order valence-electron chi connectivity index (χ3n) is 3.50. The summed E-state index contributed by atoms with van der Waals surface area (Å²) in [6, 6.07) is 8.00. The third-order valence-corrected chi connectivity index (χ3v) is 3.50. The van der Waals surface area contributed by atoms with Crippen LogP contribution in [0.4, 0.5) is 0 Å². The highest BCUT2D eigenvalue weighted by molar-refractivity contribution is 5.81. The number of carbonyl (C=O) groups excluding carboxylic acids is 1. The molecule has 20 heavy (non-hydrogen) atoms. The van der Waals surface area contributed by atoms with E-state index in [0.29, 0.717) is 12.8 Å². The highest BCUT2D eigenvalue weighted by Crippen LogP contribution is 2.10. The van der Waals surface area contributed by atoms with Gasteiger partial charge < -0.3 is 10.0 Å². The first-order valence-corrected chi connectivity index (χ1v) is 7.00. The van der Waals surface area contributed by atoms with Crippen molar-refractivity contribution < 1.29 is 14.7 Å². The minimum atomic E-state index is -0.964. The molecule has 0 saturated heterocycles. The number of aliphatic carboxylic acids is 1. The number of carboxylic acid groups (broad SMARTS) is 1. The fraction of sp³-hybridized carbons (Fsp3) is 0.500. The molecular weight excluding hydrogens is 254 g/mol. The lowest BCUT2D eigenvalue weighted by molar-refractivity contribution is -0.146. The second-order valence-corrected chi connectivity index (χ2v) is 5.16. The van der Waals surface area contributed by atoms with Crippen molar-refractivity contribution in [1.29, 1.82) is 0 Å². The average molecular weight is 277 g/mol. The van der Waals surface area contributed by atoms with Crippen molar-refractivity contribution >= 4 is 11.9 Å². The van der Waals surface area contributed by atoms with Crippen molar-refractivity contribution in [3.63, 3.8) is 0 Å². The van der Waals surface area contributed by atoms with Crippen LogP contribution in [-0.4, -0.2) is 34.5 Å². The van der Waals surface area contributed by atoms with Crippen LogP contribution < -0.4 is 0 Å². The molecule has 1 atom stereocenters. The van der Waals surface area contributed by atoms with E-state index in [1.54, 1.807) is 0 Å². The van der Waals surface area contributed by atoms with Gasteiger partial charge in [-0.3, -0.25) is 9.59 Å². The molecule has 1 amide bonds. The zero-order valence-corrected chi connectivity index (χ0v) is 12.4. The first kappa shape index (κ1) is 16.2. The summed E-state index contributed by atoms with van der Waals surface area (Å²) in [4.78, 5) is 24.5. The zero-order chi connectivity index (χ0) is 15.1. The molecule has 1 unspecified atom stereocenters. The highest BCUT2D eigenvalue weighted by Gasteiger charge is 2.21. The van der Waals surface area contributed by atoms with Gasteiger partial charge >= 0.3 is 5.97 Å². The molecule has 0 saturated carbocycles. The fourth-order valence-corrected chi connectivity index (χ4v) is 2.01. The Hall–Kier alpha value is -1.84. The van der Waals surface area contributed by atoms with Crippen LogP contribution in [0.5, 0.6) is 0 Å². The number of amides is 1. The minimum Gasteiger partial charge on any atom is -0.480 e. The number of carbonyl (C=O) groups is 2. The Kier molecular flexibility index (Phi) is 6.22. The molecule has 1 aromatic rings. The number of benzene rings is 1. The van der Waals surface area contributed by atoms with Gasteiger partial charge in [-0.2, -0.15) is 0 Å². The topological polar surface area (TPSA) is 57.6 Å². The molecule has 0 fully saturated rings. The van der Waals surface area contributed by atoms with Gasteiger partial charge in [0.05, 0.1) is 0 Å². The van der Waals surface area contributed by atoms with Crippen LogP contribution in [0.1, 0.15) is 37.8 Å². The Labute approximate surface area is 120 Å². The van der Waals surface area contributed by atoms with Crippen molar-refractivity contribution in [2.24, 2.45) is 0 Å². The molecular formula is C16H23NO3. The van der Waals surface area contributed by atoms with Gasteiger partial charge in [-0.1, -0.05) is 36.8 Å². The van der Waals surface area contributed by atoms with Crippen molar-refractivity contribution in [2.75, 3.05) is 6.54 Å². The lowest BCUT2D eigenvalue weighted by Gasteiger charge is -2.27. The van der Waals surface area contributed by atoms with E-state index in [-0.39, 0.29) is 18.5 Å². The van der Waals surface area contributed by atoms with Gasteiger partial charge in [0.25, 0.3) is 0 Å². The summed E-state index contributed by atoms with van der Waals surface area (Å²) in [6.45, 7) is 5.63. The Morgan fingerprint density at radius 3 is 2.35 bits per heavy atom. The lowest BCUT2D eigenvalue weighted by Crippen LogP contribution is -2.41. The van der Waals surface area contributed by atoms with E-state index in [2.05, 4.69) is 0 Å². The van der Waals surface area contributed by atoms with Crippen molar-refractivity contribution in [2.45, 2.75) is 46.1 Å². The summed E-state index contributed by atoms with van der Waals surface area (Å²) < 4.78 is 0. The maximum Gasteiger partial charge on any atom is 0.323 e. The quantitative estimate of drug-likeness (QED) is 0.833. The summed E-state index contributed by atoms with van der Waals surface area (Å²) in [6.07, 6.45) is 1.75. The summed E-state index contributed by atoms with van der Waals surface area (Å²) in [5.41, 5.74) is 2.29. The minimum absolute atomic E-state index is 0.0448. The van der Waals surface area contributed by atoms with E-state index >= 15 is 0 Å². The zero-order valence-electron chi connectivity index (χ0n) is 12.4. The molecule has 4 heteroatoms. The van der Waals surface area contributed by atoms with Crippen LogP contribution in [0.2, 0.25) is 0 Å². The van der Waals surface area contributed by atoms with Crippen molar-refractivity contribution in [3.05, 3.63) is 35.4 Å². The summed E-state index contributed by atoms with van der Waals surface area (Å²) in [5.74, 6) is -1.06. The Morgan fingerprint density at radius 2 is 1.85 bits per heavy atom. The standard InChI is InChI=1S/C16H23NO3/c1-4-13(3)17(11-16(19)20)15(18)10-9-14-7-5-12(2)6-8-14/h5-8,13H,4,9-11H2,1-3H3,(H,19,20). The summed E-state index contributed by atoms with van der Waals surface area (Å²) in [7, 11) is 0. The molecule has 1 N–H and O–H groups in total. The molecule has 0 heterocycles. The van der Waals surface area contributed by atoms with E-state index in [0.717, 1.165) is 12.0 Å². The van der Waals surface area contributed by atoms with E-state index in [1.807, 2.05) is 45.0 Å². The average Bonchev–Trinajstić information content (AvgIpc) is 2.42. The number of hydrogen-bond acceptors (Lipinski definition) is 2. The second kappa shape index (κ2) is 7.68. The van der Waals surface area contributed by atoms with E-state index in [4.69, 9.17) is 5.11 Å². The van der Waals surface area contributed by atoms with Crippen LogP contribution in [0.25, 0.3) is 0 Å². The number of aryl methyl sites for hydroxylation is 2. The monoisotopic (exact) mass is 277 g/mol. The van der Waals surface area contributed by atoms with E-state index in [9.17, 15) is 9.59 Å². The largest absolute Gasteiger partial charge is 0.480 e. The van der Waals surface area contributed by atoms with Crippen molar-refractivity contribution in [3.8, 4) is 0 Å². The molecule has 0 aromatic heterocycles. The van der Waals surface area contributed by atoms with Crippen LogP contribution in [0.3, 0.4) is 0 Å². The molecule has 110 valence electrons. The smallest absolute Gasteiger partial charge is 0.323 e. The SMILES string of the molecule is CCC(C)N(CC(=O)O)C(=O)CCc1ccc(C)cc1. The van der Waals surface area contributed by atoms with E-state index < -0.39 is 5.97 Å². The van der Waals surface area contributed by atoms with Crippen LogP contribution in [0, 0.1) is 6.92 Å². The summed E-state index contributed by atoms with van der Waals surface area (Å²) in [5, 5.41) is 8.90. The predicted octanol–water partition coefficient (Wildman–Crippen LogP) is 2.64. The third kappa shape index (κ3) is 5.03. The number of carboxylic acids is 1. The van der Waals surface area contributed by atoms with Gasteiger partial charge in [0.15, 0.2) is 0 Å². The van der Waals surface area contributed by atoms with Crippen LogP contribution in [0.15, 0.2) is 24.3 Å². The Bertz CT molecular complexity index is 453. The summed E-state index contributed by atoms with van der Waals surface area (Å²) >= 11 is 0. The van der Waals surface area contributed by atoms with E-state index in [1.165, 1.54) is 10.5 Å². The number of hydrogen-bond donors (Lipinski definition) is 1. The second-order valence-electron chi connectivity index (χ2n) is 5.16. The Balaban J connectivity index is 2.61. The van der Waals surface area contributed by atoms with Gasteiger partial charge in [0, 0.05) is 12.5 Å². The molecule has 1 rings (SSSR count). The van der Waals surface area contributed by atoms with Crippen LogP contribution in [-0.2, 0) is 16.0 Å². The molecule has 0 radical (unpaired) electrons. The molecule has 1 aromatic carbocycles. The number of nitrogens with zero attached hydrogens (tertiary/aromatic N) is 1. The number of rotatable bonds is 7. The molecule has 0 bridgehead atoms. The highest BCUT2D eigenvalue weighted by atomic mass is 16.4. The normalized spacial score (nSPS) is 11.9. The van der Waals surface area contributed by atoms with Crippen molar-refractivity contribution in [1.82, 2.24) is 4.90 Å². The van der Waals surface area contributed by atoms with Gasteiger partial charge in [0.1, 0.15) is 6.54 Å². The first-order chi connectivity index (χ1) is 9.43. The first-order valence-electron chi connectivity index (χ1n) is 7.00. The molecule has 0 aliphatic rings. The molecule has 0 aliphatic carbocycles. The maximum atomic E-state index is 12.2. The maximum absolute atomic E-state index is 12.2. The lowest BCUT2D eigenvalue weighted by atomic mass is 10.1. The van der Waals surface area contributed by atoms with Gasteiger partial charge in [-0.05, 0) is 32.3 Å². The fourth-order valence-electron chi connectivity index (χ4n) is 2.01. The molecule has 4 nitrogen and oxygen atoms in total. The Morgan fingerprint density at radius 1 is 1.25 bits per heavy atom.